The number of pyridine rings is 1. The molecular weight excluding hydrogens is 364 g/mol. The highest BCUT2D eigenvalue weighted by atomic mass is 32.2. The maximum Gasteiger partial charge on any atom is 0.263 e. The summed E-state index contributed by atoms with van der Waals surface area (Å²) in [5.74, 6) is 0. The second kappa shape index (κ2) is 6.82. The Morgan fingerprint density at radius 1 is 1.04 bits per heavy atom. The molecule has 0 fully saturated rings. The third-order valence-corrected chi connectivity index (χ3v) is 5.43. The molecule has 0 spiro atoms. The van der Waals surface area contributed by atoms with Gasteiger partial charge in [0.1, 0.15) is 10.6 Å². The van der Waals surface area contributed by atoms with Crippen LogP contribution >= 0.6 is 0 Å². The zero-order valence-electron chi connectivity index (χ0n) is 14.2. The first-order valence-corrected chi connectivity index (χ1v) is 9.68. The summed E-state index contributed by atoms with van der Waals surface area (Å²) in [5.41, 5.74) is 8.51. The number of hydrogen-bond acceptors (Lipinski definition) is 6. The molecule has 0 aliphatic heterocycles. The second-order valence-corrected chi connectivity index (χ2v) is 7.61. The molecule has 8 heteroatoms. The molecule has 0 bridgehead atoms. The summed E-state index contributed by atoms with van der Waals surface area (Å²) in [7, 11) is -3.83. The summed E-state index contributed by atoms with van der Waals surface area (Å²) >= 11 is 0. The summed E-state index contributed by atoms with van der Waals surface area (Å²) in [4.78, 5) is 4.12. The highest BCUT2D eigenvalue weighted by Crippen LogP contribution is 2.28. The maximum atomic E-state index is 12.8. The number of nitrogens with zero attached hydrogens (tertiary/aromatic N) is 2. The van der Waals surface area contributed by atoms with Gasteiger partial charge in [-0.1, -0.05) is 47.6 Å². The normalized spacial score (nSPS) is 11.6. The fraction of sp³-hybridized carbons (Fsp3) is 0.0526. The lowest BCUT2D eigenvalue weighted by molar-refractivity contribution is 0.451. The standard InChI is InChI=1S/C19H16N4O3S/c20-11-13-5-4-8-15(9-13)23-27(24,25)16-10-17-18(14-6-2-1-3-7-14)22-26-19(17)21-12-16/h1-10,12,23H,11,20H2. The van der Waals surface area contributed by atoms with Gasteiger partial charge in [-0.25, -0.2) is 13.4 Å². The minimum Gasteiger partial charge on any atom is -0.335 e. The number of sulfonamides is 1. The average Bonchev–Trinajstić information content (AvgIpc) is 3.12. The van der Waals surface area contributed by atoms with Crippen LogP contribution in [0, 0.1) is 0 Å². The van der Waals surface area contributed by atoms with Gasteiger partial charge in [-0.15, -0.1) is 0 Å². The number of hydrogen-bond donors (Lipinski definition) is 2. The Bertz CT molecular complexity index is 1200. The first-order valence-electron chi connectivity index (χ1n) is 8.19. The van der Waals surface area contributed by atoms with Crippen LogP contribution in [0.1, 0.15) is 5.56 Å². The number of benzene rings is 2. The van der Waals surface area contributed by atoms with E-state index >= 15 is 0 Å². The molecule has 0 saturated carbocycles. The van der Waals surface area contributed by atoms with Crippen molar-refractivity contribution in [3.05, 3.63) is 72.4 Å². The van der Waals surface area contributed by atoms with E-state index in [0.29, 0.717) is 23.3 Å². The Kier molecular flexibility index (Phi) is 4.35. The molecule has 2 aromatic heterocycles. The molecule has 0 unspecified atom stereocenters. The van der Waals surface area contributed by atoms with Crippen molar-refractivity contribution in [2.45, 2.75) is 11.4 Å². The van der Waals surface area contributed by atoms with Crippen LogP contribution in [0.4, 0.5) is 5.69 Å². The Labute approximate surface area is 155 Å². The van der Waals surface area contributed by atoms with Crippen molar-refractivity contribution in [1.82, 2.24) is 10.1 Å². The lowest BCUT2D eigenvalue weighted by atomic mass is 10.1. The predicted molar refractivity (Wildman–Crippen MR) is 102 cm³/mol. The summed E-state index contributed by atoms with van der Waals surface area (Å²) in [5, 5.41) is 4.56. The molecule has 2 heterocycles. The summed E-state index contributed by atoms with van der Waals surface area (Å²) in [6.45, 7) is 0.324. The van der Waals surface area contributed by atoms with E-state index in [2.05, 4.69) is 14.9 Å². The van der Waals surface area contributed by atoms with E-state index in [1.165, 1.54) is 12.3 Å². The van der Waals surface area contributed by atoms with Crippen molar-refractivity contribution in [3.63, 3.8) is 0 Å². The highest BCUT2D eigenvalue weighted by molar-refractivity contribution is 7.92. The lowest BCUT2D eigenvalue weighted by Crippen LogP contribution is -2.13. The molecule has 0 aliphatic carbocycles. The van der Waals surface area contributed by atoms with Gasteiger partial charge in [0, 0.05) is 17.8 Å². The molecule has 136 valence electrons. The number of anilines is 1. The van der Waals surface area contributed by atoms with Gasteiger partial charge in [0.25, 0.3) is 15.7 Å². The zero-order chi connectivity index (χ0) is 18.9. The van der Waals surface area contributed by atoms with E-state index in [4.69, 9.17) is 10.3 Å². The van der Waals surface area contributed by atoms with E-state index in [1.807, 2.05) is 36.4 Å². The maximum absolute atomic E-state index is 12.8. The number of nitrogens with two attached hydrogens (primary N) is 1. The van der Waals surface area contributed by atoms with Gasteiger partial charge in [-0.3, -0.25) is 4.72 Å². The summed E-state index contributed by atoms with van der Waals surface area (Å²) < 4.78 is 33.3. The Morgan fingerprint density at radius 2 is 1.85 bits per heavy atom. The minimum absolute atomic E-state index is 0.0218. The molecular formula is C19H16N4O3S. The third kappa shape index (κ3) is 3.40. The number of aromatic nitrogens is 2. The molecule has 0 saturated heterocycles. The third-order valence-electron chi connectivity index (χ3n) is 4.08. The second-order valence-electron chi connectivity index (χ2n) is 5.93. The SMILES string of the molecule is NCc1cccc(NS(=O)(=O)c2cnc3onc(-c4ccccc4)c3c2)c1. The highest BCUT2D eigenvalue weighted by Gasteiger charge is 2.19. The number of rotatable bonds is 5. The van der Waals surface area contributed by atoms with Gasteiger partial charge in [0.15, 0.2) is 0 Å². The van der Waals surface area contributed by atoms with Crippen LogP contribution < -0.4 is 10.5 Å². The van der Waals surface area contributed by atoms with Gasteiger partial charge in [-0.2, -0.15) is 0 Å². The Morgan fingerprint density at radius 3 is 2.63 bits per heavy atom. The van der Waals surface area contributed by atoms with E-state index in [1.54, 1.807) is 18.2 Å². The molecule has 27 heavy (non-hydrogen) atoms. The summed E-state index contributed by atoms with van der Waals surface area (Å²) in [6.07, 6.45) is 1.25. The van der Waals surface area contributed by atoms with Crippen molar-refractivity contribution in [2.75, 3.05) is 4.72 Å². The van der Waals surface area contributed by atoms with E-state index in [-0.39, 0.29) is 10.6 Å². The molecule has 0 aliphatic rings. The Hall–Kier alpha value is -3.23. The van der Waals surface area contributed by atoms with Gasteiger partial charge in [-0.05, 0) is 23.8 Å². The molecule has 2 aromatic carbocycles. The molecule has 0 radical (unpaired) electrons. The number of nitrogens with one attached hydrogen (secondary N) is 1. The largest absolute Gasteiger partial charge is 0.335 e. The van der Waals surface area contributed by atoms with Gasteiger partial charge in [0.05, 0.1) is 11.6 Å². The van der Waals surface area contributed by atoms with E-state index < -0.39 is 10.0 Å². The van der Waals surface area contributed by atoms with Gasteiger partial charge < -0.3 is 10.3 Å². The van der Waals surface area contributed by atoms with Crippen molar-refractivity contribution < 1.29 is 12.9 Å². The van der Waals surface area contributed by atoms with Gasteiger partial charge in [0.2, 0.25) is 0 Å². The van der Waals surface area contributed by atoms with E-state index in [0.717, 1.165) is 11.1 Å². The monoisotopic (exact) mass is 380 g/mol. The van der Waals surface area contributed by atoms with Crippen molar-refractivity contribution in [3.8, 4) is 11.3 Å². The zero-order valence-corrected chi connectivity index (χ0v) is 15.0. The van der Waals surface area contributed by atoms with Crippen molar-refractivity contribution in [2.24, 2.45) is 5.73 Å². The molecule has 7 nitrogen and oxygen atoms in total. The van der Waals surface area contributed by atoms with E-state index in [9.17, 15) is 8.42 Å². The molecule has 3 N–H and O–H groups in total. The first kappa shape index (κ1) is 17.2. The van der Waals surface area contributed by atoms with Crippen LogP contribution in [0.3, 0.4) is 0 Å². The average molecular weight is 380 g/mol. The molecule has 4 aromatic rings. The van der Waals surface area contributed by atoms with Crippen LogP contribution in [-0.2, 0) is 16.6 Å². The quantitative estimate of drug-likeness (QED) is 0.550. The van der Waals surface area contributed by atoms with Crippen LogP contribution in [-0.4, -0.2) is 18.6 Å². The Balaban J connectivity index is 1.74. The molecule has 0 atom stereocenters. The topological polar surface area (TPSA) is 111 Å². The van der Waals surface area contributed by atoms with Crippen LogP contribution in [0.25, 0.3) is 22.4 Å². The summed E-state index contributed by atoms with van der Waals surface area (Å²) in [6, 6.07) is 17.8. The minimum atomic E-state index is -3.83. The first-order chi connectivity index (χ1) is 13.1. The number of fused-ring (bicyclic) bond motifs is 1. The van der Waals surface area contributed by atoms with Crippen molar-refractivity contribution >= 4 is 26.8 Å². The van der Waals surface area contributed by atoms with Crippen molar-refractivity contribution in [1.29, 1.82) is 0 Å². The smallest absolute Gasteiger partial charge is 0.263 e. The predicted octanol–water partition coefficient (Wildman–Crippen LogP) is 3.15. The van der Waals surface area contributed by atoms with Crippen LogP contribution in [0.5, 0.6) is 0 Å². The molecule has 4 rings (SSSR count). The fourth-order valence-electron chi connectivity index (χ4n) is 2.74. The lowest BCUT2D eigenvalue weighted by Gasteiger charge is -2.09. The fourth-order valence-corrected chi connectivity index (χ4v) is 3.76. The van der Waals surface area contributed by atoms with Crippen LogP contribution in [0.15, 0.2) is 76.3 Å². The van der Waals surface area contributed by atoms with Gasteiger partial charge >= 0.3 is 0 Å². The van der Waals surface area contributed by atoms with Crippen LogP contribution in [0.2, 0.25) is 0 Å². The molecule has 0 amide bonds.